The monoisotopic (exact) mass is 432 g/mol. The van der Waals surface area contributed by atoms with Crippen LogP contribution in [0.25, 0.3) is 0 Å². The highest BCUT2D eigenvalue weighted by atomic mass is 16.2. The Kier molecular flexibility index (Phi) is 5.68. The number of anilines is 2. The molecular weight excluding hydrogens is 396 g/mol. The number of nitrogens with zero attached hydrogens (tertiary/aromatic N) is 2. The van der Waals surface area contributed by atoms with E-state index in [4.69, 9.17) is 0 Å². The van der Waals surface area contributed by atoms with Gasteiger partial charge in [0.2, 0.25) is 11.8 Å². The van der Waals surface area contributed by atoms with Crippen molar-refractivity contribution in [3.63, 3.8) is 0 Å². The van der Waals surface area contributed by atoms with Crippen LogP contribution in [0.1, 0.15) is 83.4 Å². The summed E-state index contributed by atoms with van der Waals surface area (Å²) in [7, 11) is 0. The van der Waals surface area contributed by atoms with Crippen molar-refractivity contribution >= 4 is 23.2 Å². The molecule has 0 aromatic heterocycles. The van der Waals surface area contributed by atoms with Crippen LogP contribution in [0.15, 0.2) is 42.5 Å². The number of hydrogen-bond acceptors (Lipinski definition) is 2. The molecule has 2 saturated heterocycles. The van der Waals surface area contributed by atoms with Gasteiger partial charge in [0, 0.05) is 43.2 Å². The van der Waals surface area contributed by atoms with Gasteiger partial charge in [0.05, 0.1) is 0 Å². The fourth-order valence-corrected chi connectivity index (χ4v) is 4.56. The van der Waals surface area contributed by atoms with E-state index in [-0.39, 0.29) is 28.6 Å². The quantitative estimate of drug-likeness (QED) is 0.564. The van der Waals surface area contributed by atoms with Gasteiger partial charge in [0.15, 0.2) is 0 Å². The van der Waals surface area contributed by atoms with Crippen LogP contribution in [-0.4, -0.2) is 24.9 Å². The lowest BCUT2D eigenvalue weighted by molar-refractivity contribution is -0.122. The molecule has 2 aliphatic heterocycles. The largest absolute Gasteiger partial charge is 0.312 e. The molecule has 2 heterocycles. The van der Waals surface area contributed by atoms with Crippen molar-refractivity contribution in [2.45, 2.75) is 77.6 Å². The van der Waals surface area contributed by atoms with Gasteiger partial charge in [-0.05, 0) is 58.2 Å². The van der Waals surface area contributed by atoms with Gasteiger partial charge in [0.25, 0.3) is 0 Å². The van der Waals surface area contributed by atoms with Crippen LogP contribution in [0.5, 0.6) is 0 Å². The van der Waals surface area contributed by atoms with Crippen molar-refractivity contribution in [1.29, 1.82) is 0 Å². The van der Waals surface area contributed by atoms with E-state index in [1.807, 2.05) is 15.9 Å². The lowest BCUT2D eigenvalue weighted by Gasteiger charge is -2.36. The Balaban J connectivity index is 1.68. The molecule has 0 spiro atoms. The molecule has 32 heavy (non-hydrogen) atoms. The van der Waals surface area contributed by atoms with Crippen molar-refractivity contribution in [3.05, 3.63) is 59.2 Å². The maximum Gasteiger partial charge on any atom is 0.228 e. The zero-order valence-corrected chi connectivity index (χ0v) is 20.4. The van der Waals surface area contributed by atoms with Crippen LogP contribution < -0.4 is 9.80 Å². The van der Waals surface area contributed by atoms with Gasteiger partial charge in [0.1, 0.15) is 0 Å². The zero-order valence-electron chi connectivity index (χ0n) is 20.4. The summed E-state index contributed by atoms with van der Waals surface area (Å²) in [5.41, 5.74) is 5.72. The van der Waals surface area contributed by atoms with Gasteiger partial charge < -0.3 is 9.80 Å². The Bertz CT molecular complexity index is 1040. The molecule has 2 fully saturated rings. The van der Waals surface area contributed by atoms with Crippen molar-refractivity contribution in [1.82, 2.24) is 0 Å². The molecule has 2 aliphatic rings. The first kappa shape index (κ1) is 22.6. The highest BCUT2D eigenvalue weighted by Crippen LogP contribution is 2.37. The molecule has 2 amide bonds. The second-order valence-corrected chi connectivity index (χ2v) is 11.4. The van der Waals surface area contributed by atoms with Crippen LogP contribution in [0, 0.1) is 0 Å². The van der Waals surface area contributed by atoms with E-state index in [0.717, 1.165) is 24.3 Å². The van der Waals surface area contributed by atoms with E-state index in [9.17, 15) is 9.59 Å². The number of carbonyl (C=O) groups excluding carboxylic acids is 2. The first-order chi connectivity index (χ1) is 14.9. The Morgan fingerprint density at radius 1 is 0.750 bits per heavy atom. The summed E-state index contributed by atoms with van der Waals surface area (Å²) in [6.07, 6.45) is 2.02. The van der Waals surface area contributed by atoms with E-state index in [2.05, 4.69) is 77.9 Å². The van der Waals surface area contributed by atoms with Crippen molar-refractivity contribution in [2.75, 3.05) is 22.9 Å². The van der Waals surface area contributed by atoms with Crippen molar-refractivity contribution < 1.29 is 9.59 Å². The van der Waals surface area contributed by atoms with Crippen molar-refractivity contribution in [2.24, 2.45) is 0 Å². The minimum absolute atomic E-state index is 0.0100. The van der Waals surface area contributed by atoms with Crippen LogP contribution >= 0.6 is 0 Å². The minimum atomic E-state index is -0.0100. The molecule has 170 valence electrons. The number of hydrogen-bond donors (Lipinski definition) is 0. The van der Waals surface area contributed by atoms with Crippen LogP contribution in [0.4, 0.5) is 11.4 Å². The molecule has 2 aromatic carbocycles. The first-order valence-electron chi connectivity index (χ1n) is 11.8. The maximum absolute atomic E-state index is 12.9. The van der Waals surface area contributed by atoms with Gasteiger partial charge in [-0.2, -0.15) is 0 Å². The third-order valence-electron chi connectivity index (χ3n) is 6.87. The fourth-order valence-electron chi connectivity index (χ4n) is 4.56. The van der Waals surface area contributed by atoms with Gasteiger partial charge in [-0.15, -0.1) is 0 Å². The highest BCUT2D eigenvalue weighted by molar-refractivity contribution is 5.99. The summed E-state index contributed by atoms with van der Waals surface area (Å²) in [4.78, 5) is 28.9. The molecule has 0 radical (unpaired) electrons. The maximum atomic E-state index is 12.9. The molecule has 2 aromatic rings. The second kappa shape index (κ2) is 8.06. The Morgan fingerprint density at radius 3 is 2.00 bits per heavy atom. The Labute approximate surface area is 192 Å². The fraction of sp³-hybridized carbons (Fsp3) is 0.500. The minimum Gasteiger partial charge on any atom is -0.312 e. The summed E-state index contributed by atoms with van der Waals surface area (Å²) < 4.78 is 0. The van der Waals surface area contributed by atoms with Gasteiger partial charge in [-0.1, -0.05) is 59.7 Å². The predicted molar refractivity (Wildman–Crippen MR) is 132 cm³/mol. The number of amides is 2. The third-order valence-corrected chi connectivity index (χ3v) is 6.87. The zero-order chi connectivity index (χ0) is 23.3. The van der Waals surface area contributed by atoms with E-state index < -0.39 is 0 Å². The van der Waals surface area contributed by atoms with Gasteiger partial charge in [-0.25, -0.2) is 0 Å². The topological polar surface area (TPSA) is 40.6 Å². The number of rotatable bonds is 3. The molecule has 0 aliphatic carbocycles. The summed E-state index contributed by atoms with van der Waals surface area (Å²) in [6.45, 7) is 14.7. The van der Waals surface area contributed by atoms with Gasteiger partial charge >= 0.3 is 0 Å². The Hall–Kier alpha value is -2.62. The highest BCUT2D eigenvalue weighted by Gasteiger charge is 2.31. The van der Waals surface area contributed by atoms with Crippen LogP contribution in [0.3, 0.4) is 0 Å². The van der Waals surface area contributed by atoms with E-state index in [1.54, 1.807) is 0 Å². The molecule has 1 unspecified atom stereocenters. The molecule has 1 atom stereocenters. The third kappa shape index (κ3) is 4.46. The number of benzene rings is 2. The molecule has 4 nitrogen and oxygen atoms in total. The Morgan fingerprint density at radius 2 is 1.41 bits per heavy atom. The van der Waals surface area contributed by atoms with Crippen LogP contribution in [0.2, 0.25) is 0 Å². The lowest BCUT2D eigenvalue weighted by Crippen LogP contribution is -2.43. The number of piperidine rings is 1. The average molecular weight is 433 g/mol. The van der Waals surface area contributed by atoms with Crippen molar-refractivity contribution in [3.8, 4) is 0 Å². The molecule has 0 N–H and O–H groups in total. The molecule has 0 bridgehead atoms. The molecule has 4 rings (SSSR count). The summed E-state index contributed by atoms with van der Waals surface area (Å²) >= 11 is 0. The SMILES string of the molecule is CC(C)(C)c1cc(C2CCC(=O)N(c3cccc(C(C)(C)C)c3)C2)cc(N2CCC2=O)c1. The average Bonchev–Trinajstić information content (AvgIpc) is 2.71. The number of β-lactam (4-membered cyclic amide) rings is 1. The standard InChI is InChI=1S/C28H36N2O2/c1-27(2,3)21-8-7-9-23(16-21)30-18-19(10-11-25(30)31)20-14-22(28(4,5)6)17-24(15-20)29-13-12-26(29)32/h7-9,14-17,19H,10-13,18H2,1-6H3. The first-order valence-corrected chi connectivity index (χ1v) is 11.8. The molecule has 4 heteroatoms. The van der Waals surface area contributed by atoms with E-state index >= 15 is 0 Å². The van der Waals surface area contributed by atoms with Gasteiger partial charge in [-0.3, -0.25) is 9.59 Å². The summed E-state index contributed by atoms with van der Waals surface area (Å²) in [6, 6.07) is 15.0. The van der Waals surface area contributed by atoms with Crippen LogP contribution in [-0.2, 0) is 20.4 Å². The molecule has 0 saturated carbocycles. The lowest BCUT2D eigenvalue weighted by atomic mass is 9.81. The molecular formula is C28H36N2O2. The predicted octanol–water partition coefficient (Wildman–Crippen LogP) is 5.93. The van der Waals surface area contributed by atoms with E-state index in [0.29, 0.717) is 19.4 Å². The smallest absolute Gasteiger partial charge is 0.228 e. The summed E-state index contributed by atoms with van der Waals surface area (Å²) in [5, 5.41) is 0. The number of carbonyl (C=O) groups is 2. The second-order valence-electron chi connectivity index (χ2n) is 11.4. The van der Waals surface area contributed by atoms with E-state index in [1.165, 1.54) is 16.7 Å². The summed E-state index contributed by atoms with van der Waals surface area (Å²) in [5.74, 6) is 0.641. The normalized spacial score (nSPS) is 19.9.